The standard InChI is InChI=1S/C27H25NO7S/c1-5-33-27(31)24-15(2)16(3)36-26(24)28-23(29)14-34-17-10-11-19-22(12-17)35-13-20(25(19)30)18-8-6-7-9-21(18)32-4/h6-13H,5,14H2,1-4H3,(H,28,29). The number of carbonyl (C=O) groups is 2. The smallest absolute Gasteiger partial charge is 0.341 e. The van der Waals surface area contributed by atoms with Gasteiger partial charge in [0.1, 0.15) is 28.3 Å². The van der Waals surface area contributed by atoms with E-state index in [2.05, 4.69) is 5.32 Å². The van der Waals surface area contributed by atoms with Crippen LogP contribution in [-0.4, -0.2) is 32.2 Å². The van der Waals surface area contributed by atoms with E-state index >= 15 is 0 Å². The van der Waals surface area contributed by atoms with Crippen LogP contribution in [0.3, 0.4) is 0 Å². The van der Waals surface area contributed by atoms with Crippen LogP contribution in [0.5, 0.6) is 11.5 Å². The number of hydrogen-bond acceptors (Lipinski definition) is 8. The Bertz CT molecular complexity index is 1500. The number of benzene rings is 2. The van der Waals surface area contributed by atoms with Crippen molar-refractivity contribution in [2.24, 2.45) is 0 Å². The number of nitrogens with one attached hydrogen (secondary N) is 1. The highest BCUT2D eigenvalue weighted by Crippen LogP contribution is 2.33. The third-order valence-corrected chi connectivity index (χ3v) is 6.75. The molecule has 0 saturated carbocycles. The number of ether oxygens (including phenoxy) is 3. The van der Waals surface area contributed by atoms with Crippen LogP contribution in [0.25, 0.3) is 22.1 Å². The zero-order chi connectivity index (χ0) is 25.8. The molecule has 186 valence electrons. The van der Waals surface area contributed by atoms with Gasteiger partial charge in [-0.15, -0.1) is 11.3 Å². The van der Waals surface area contributed by atoms with Crippen molar-refractivity contribution in [2.45, 2.75) is 20.8 Å². The Hall–Kier alpha value is -4.11. The Kier molecular flexibility index (Phi) is 7.40. The number of aryl methyl sites for hydroxylation is 1. The van der Waals surface area contributed by atoms with E-state index in [0.29, 0.717) is 44.2 Å². The van der Waals surface area contributed by atoms with Crippen molar-refractivity contribution < 1.29 is 28.2 Å². The molecule has 0 bridgehead atoms. The summed E-state index contributed by atoms with van der Waals surface area (Å²) in [5.41, 5.74) is 2.25. The van der Waals surface area contributed by atoms with Gasteiger partial charge < -0.3 is 23.9 Å². The SMILES string of the molecule is CCOC(=O)c1c(NC(=O)COc2ccc3c(=O)c(-c4ccccc4OC)coc3c2)sc(C)c1C. The fourth-order valence-corrected chi connectivity index (χ4v) is 4.79. The Morgan fingerprint density at radius 3 is 2.61 bits per heavy atom. The van der Waals surface area contributed by atoms with Crippen LogP contribution in [0, 0.1) is 13.8 Å². The molecule has 36 heavy (non-hydrogen) atoms. The summed E-state index contributed by atoms with van der Waals surface area (Å²) in [5.74, 6) is 0.00911. The number of esters is 1. The molecule has 0 aliphatic carbocycles. The van der Waals surface area contributed by atoms with Crippen molar-refractivity contribution >= 4 is 39.2 Å². The van der Waals surface area contributed by atoms with Gasteiger partial charge in [0.2, 0.25) is 5.43 Å². The predicted molar refractivity (Wildman–Crippen MR) is 138 cm³/mol. The third kappa shape index (κ3) is 4.96. The monoisotopic (exact) mass is 507 g/mol. The largest absolute Gasteiger partial charge is 0.496 e. The molecule has 1 N–H and O–H groups in total. The van der Waals surface area contributed by atoms with E-state index in [0.717, 1.165) is 10.4 Å². The van der Waals surface area contributed by atoms with E-state index in [4.69, 9.17) is 18.6 Å². The Balaban J connectivity index is 1.50. The quantitative estimate of drug-likeness (QED) is 0.321. The zero-order valence-electron chi connectivity index (χ0n) is 20.3. The number of anilines is 1. The molecule has 0 aliphatic heterocycles. The molecule has 0 aliphatic rings. The van der Waals surface area contributed by atoms with Crippen LogP contribution in [0.2, 0.25) is 0 Å². The molecule has 0 spiro atoms. The molecule has 0 unspecified atom stereocenters. The maximum atomic E-state index is 13.1. The average Bonchev–Trinajstić information content (AvgIpc) is 3.15. The average molecular weight is 508 g/mol. The summed E-state index contributed by atoms with van der Waals surface area (Å²) in [6.07, 6.45) is 1.39. The number of rotatable bonds is 8. The highest BCUT2D eigenvalue weighted by Gasteiger charge is 2.22. The number of methoxy groups -OCH3 is 1. The normalized spacial score (nSPS) is 10.8. The number of carbonyl (C=O) groups excluding carboxylic acids is 2. The number of hydrogen-bond donors (Lipinski definition) is 1. The van der Waals surface area contributed by atoms with E-state index in [1.54, 1.807) is 44.4 Å². The van der Waals surface area contributed by atoms with Gasteiger partial charge in [0, 0.05) is 16.5 Å². The second-order valence-corrected chi connectivity index (χ2v) is 9.11. The lowest BCUT2D eigenvalue weighted by Crippen LogP contribution is -2.21. The minimum absolute atomic E-state index is 0.208. The Morgan fingerprint density at radius 1 is 1.08 bits per heavy atom. The van der Waals surface area contributed by atoms with Gasteiger partial charge in [-0.1, -0.05) is 18.2 Å². The van der Waals surface area contributed by atoms with Crippen molar-refractivity contribution in [3.63, 3.8) is 0 Å². The van der Waals surface area contributed by atoms with Crippen molar-refractivity contribution in [3.8, 4) is 22.6 Å². The molecule has 1 amide bonds. The van der Waals surface area contributed by atoms with Gasteiger partial charge in [-0.2, -0.15) is 0 Å². The first-order valence-corrected chi connectivity index (χ1v) is 12.0. The summed E-state index contributed by atoms with van der Waals surface area (Å²) < 4.78 is 21.8. The maximum absolute atomic E-state index is 13.1. The molecule has 2 heterocycles. The molecule has 2 aromatic heterocycles. The number of fused-ring (bicyclic) bond motifs is 1. The molecular formula is C27H25NO7S. The molecule has 4 aromatic rings. The lowest BCUT2D eigenvalue weighted by atomic mass is 10.0. The lowest BCUT2D eigenvalue weighted by molar-refractivity contribution is -0.118. The number of para-hydroxylation sites is 1. The minimum Gasteiger partial charge on any atom is -0.496 e. The van der Waals surface area contributed by atoms with Crippen molar-refractivity contribution in [1.29, 1.82) is 0 Å². The molecule has 2 aromatic carbocycles. The van der Waals surface area contributed by atoms with Crippen LogP contribution in [-0.2, 0) is 9.53 Å². The molecular weight excluding hydrogens is 482 g/mol. The minimum atomic E-state index is -0.479. The molecule has 9 heteroatoms. The van der Waals surface area contributed by atoms with Gasteiger partial charge in [-0.05, 0) is 44.5 Å². The molecule has 8 nitrogen and oxygen atoms in total. The van der Waals surface area contributed by atoms with Gasteiger partial charge in [0.25, 0.3) is 5.91 Å². The van der Waals surface area contributed by atoms with Gasteiger partial charge >= 0.3 is 5.97 Å². The van der Waals surface area contributed by atoms with Crippen LogP contribution < -0.4 is 20.2 Å². The molecule has 0 fully saturated rings. The maximum Gasteiger partial charge on any atom is 0.341 e. The Morgan fingerprint density at radius 2 is 1.86 bits per heavy atom. The summed E-state index contributed by atoms with van der Waals surface area (Å²) in [6.45, 7) is 5.35. The topological polar surface area (TPSA) is 104 Å². The third-order valence-electron chi connectivity index (χ3n) is 5.63. The summed E-state index contributed by atoms with van der Waals surface area (Å²) in [4.78, 5) is 38.9. The number of thiophene rings is 1. The van der Waals surface area contributed by atoms with Crippen molar-refractivity contribution in [1.82, 2.24) is 0 Å². The zero-order valence-corrected chi connectivity index (χ0v) is 21.1. The summed E-state index contributed by atoms with van der Waals surface area (Å²) in [7, 11) is 1.54. The fourth-order valence-electron chi connectivity index (χ4n) is 3.73. The van der Waals surface area contributed by atoms with Crippen LogP contribution >= 0.6 is 11.3 Å². The fraction of sp³-hybridized carbons (Fsp3) is 0.222. The summed E-state index contributed by atoms with van der Waals surface area (Å²) >= 11 is 1.30. The van der Waals surface area contributed by atoms with E-state index in [-0.39, 0.29) is 18.6 Å². The van der Waals surface area contributed by atoms with E-state index in [9.17, 15) is 14.4 Å². The second-order valence-electron chi connectivity index (χ2n) is 7.88. The summed E-state index contributed by atoms with van der Waals surface area (Å²) in [5, 5.41) is 3.53. The molecule has 4 rings (SSSR count). The van der Waals surface area contributed by atoms with E-state index in [1.165, 1.54) is 17.6 Å². The van der Waals surface area contributed by atoms with Crippen LogP contribution in [0.4, 0.5) is 5.00 Å². The molecule has 0 atom stereocenters. The highest BCUT2D eigenvalue weighted by atomic mass is 32.1. The Labute approximate surface area is 211 Å². The molecule has 0 saturated heterocycles. The van der Waals surface area contributed by atoms with E-state index < -0.39 is 11.9 Å². The van der Waals surface area contributed by atoms with Gasteiger partial charge in [0.05, 0.1) is 30.2 Å². The van der Waals surface area contributed by atoms with Gasteiger partial charge in [-0.3, -0.25) is 9.59 Å². The van der Waals surface area contributed by atoms with Crippen LogP contribution in [0.15, 0.2) is 57.9 Å². The van der Waals surface area contributed by atoms with Gasteiger partial charge in [0.15, 0.2) is 6.61 Å². The highest BCUT2D eigenvalue weighted by molar-refractivity contribution is 7.16. The van der Waals surface area contributed by atoms with Crippen molar-refractivity contribution in [2.75, 3.05) is 25.6 Å². The van der Waals surface area contributed by atoms with Crippen LogP contribution in [0.1, 0.15) is 27.7 Å². The number of amides is 1. The first-order valence-electron chi connectivity index (χ1n) is 11.2. The first-order chi connectivity index (χ1) is 17.3. The first kappa shape index (κ1) is 25.0. The second kappa shape index (κ2) is 10.7. The van der Waals surface area contributed by atoms with Gasteiger partial charge in [-0.25, -0.2) is 4.79 Å². The lowest BCUT2D eigenvalue weighted by Gasteiger charge is -2.10. The van der Waals surface area contributed by atoms with Crippen molar-refractivity contribution in [3.05, 3.63) is 75.0 Å². The summed E-state index contributed by atoms with van der Waals surface area (Å²) in [6, 6.07) is 12.0. The predicted octanol–water partition coefficient (Wildman–Crippen LogP) is 5.34. The molecule has 0 radical (unpaired) electrons. The van der Waals surface area contributed by atoms with E-state index in [1.807, 2.05) is 26.0 Å².